The number of rotatable bonds is 4. The third kappa shape index (κ3) is 5.32. The van der Waals surface area contributed by atoms with E-state index in [1.54, 1.807) is 17.5 Å². The van der Waals surface area contributed by atoms with Crippen molar-refractivity contribution in [2.75, 3.05) is 6.61 Å². The summed E-state index contributed by atoms with van der Waals surface area (Å²) in [5.41, 5.74) is 6.95. The smallest absolute Gasteiger partial charge is 0.279 e. The third-order valence-corrected chi connectivity index (χ3v) is 4.05. The molecule has 2 amide bonds. The third-order valence-electron chi connectivity index (χ3n) is 2.98. The van der Waals surface area contributed by atoms with Crippen LogP contribution in [0.2, 0.25) is 0 Å². The zero-order valence-electron chi connectivity index (χ0n) is 13.2. The normalized spacial score (nSPS) is 9.92. The molecule has 0 radical (unpaired) electrons. The van der Waals surface area contributed by atoms with E-state index in [-0.39, 0.29) is 17.6 Å². The molecule has 1 aromatic heterocycles. The average Bonchev–Trinajstić information content (AvgIpc) is 3.06. The number of hydrogen-bond donors (Lipinski definition) is 3. The molecule has 6 nitrogen and oxygen atoms in total. The SMILES string of the molecule is Cc1ccc(OCC(=O)NC(=S)NNC(=O)c2cccs2)c(C)c1. The number of amides is 2. The second kappa shape index (κ2) is 8.42. The van der Waals surface area contributed by atoms with Crippen LogP contribution >= 0.6 is 23.6 Å². The first kappa shape index (κ1) is 17.9. The highest BCUT2D eigenvalue weighted by molar-refractivity contribution is 7.80. The maximum Gasteiger partial charge on any atom is 0.279 e. The van der Waals surface area contributed by atoms with Crippen LogP contribution in [0.4, 0.5) is 0 Å². The van der Waals surface area contributed by atoms with E-state index in [0.717, 1.165) is 11.1 Å². The highest BCUT2D eigenvalue weighted by Gasteiger charge is 2.09. The van der Waals surface area contributed by atoms with Crippen LogP contribution in [0, 0.1) is 13.8 Å². The van der Waals surface area contributed by atoms with Gasteiger partial charge in [-0.25, -0.2) is 0 Å². The van der Waals surface area contributed by atoms with Gasteiger partial charge in [0.25, 0.3) is 11.8 Å². The molecule has 0 unspecified atom stereocenters. The Morgan fingerprint density at radius 3 is 2.67 bits per heavy atom. The van der Waals surface area contributed by atoms with Gasteiger partial charge >= 0.3 is 0 Å². The van der Waals surface area contributed by atoms with Crippen molar-refractivity contribution in [1.82, 2.24) is 16.2 Å². The fraction of sp³-hybridized carbons (Fsp3) is 0.188. The van der Waals surface area contributed by atoms with E-state index in [4.69, 9.17) is 17.0 Å². The van der Waals surface area contributed by atoms with Gasteiger partial charge in [-0.1, -0.05) is 23.8 Å². The summed E-state index contributed by atoms with van der Waals surface area (Å²) in [6, 6.07) is 9.15. The van der Waals surface area contributed by atoms with Crippen molar-refractivity contribution in [3.63, 3.8) is 0 Å². The number of benzene rings is 1. The second-order valence-electron chi connectivity index (χ2n) is 4.99. The molecule has 0 saturated heterocycles. The minimum atomic E-state index is -0.419. The molecule has 0 aliphatic carbocycles. The van der Waals surface area contributed by atoms with E-state index in [1.807, 2.05) is 32.0 Å². The first-order chi connectivity index (χ1) is 11.5. The highest BCUT2D eigenvalue weighted by atomic mass is 32.1. The summed E-state index contributed by atoms with van der Waals surface area (Å²) in [6.07, 6.45) is 0. The Labute approximate surface area is 149 Å². The zero-order chi connectivity index (χ0) is 17.5. The number of carbonyl (C=O) groups excluding carboxylic acids is 2. The minimum absolute atomic E-state index is 0.00543. The number of nitrogens with one attached hydrogen (secondary N) is 3. The Bertz CT molecular complexity index is 745. The van der Waals surface area contributed by atoms with E-state index in [0.29, 0.717) is 10.6 Å². The van der Waals surface area contributed by atoms with Crippen molar-refractivity contribution >= 4 is 40.5 Å². The second-order valence-corrected chi connectivity index (χ2v) is 6.35. The molecule has 0 bridgehead atoms. The lowest BCUT2D eigenvalue weighted by atomic mass is 10.1. The maximum atomic E-state index is 11.8. The Hall–Kier alpha value is -2.45. The molecule has 2 aromatic rings. The lowest BCUT2D eigenvalue weighted by Gasteiger charge is -2.12. The van der Waals surface area contributed by atoms with Crippen LogP contribution in [0.15, 0.2) is 35.7 Å². The summed E-state index contributed by atoms with van der Waals surface area (Å²) in [5, 5.41) is 4.21. The zero-order valence-corrected chi connectivity index (χ0v) is 14.8. The molecule has 24 heavy (non-hydrogen) atoms. The van der Waals surface area contributed by atoms with Crippen molar-refractivity contribution in [2.24, 2.45) is 0 Å². The van der Waals surface area contributed by atoms with Crippen LogP contribution in [-0.4, -0.2) is 23.5 Å². The first-order valence-corrected chi connectivity index (χ1v) is 8.38. The molecule has 3 N–H and O–H groups in total. The van der Waals surface area contributed by atoms with Crippen LogP contribution in [-0.2, 0) is 4.79 Å². The van der Waals surface area contributed by atoms with Crippen molar-refractivity contribution in [3.8, 4) is 5.75 Å². The number of ether oxygens (including phenoxy) is 1. The van der Waals surface area contributed by atoms with E-state index < -0.39 is 5.91 Å². The van der Waals surface area contributed by atoms with Crippen LogP contribution in [0.3, 0.4) is 0 Å². The van der Waals surface area contributed by atoms with Gasteiger partial charge in [-0.15, -0.1) is 11.3 Å². The lowest BCUT2D eigenvalue weighted by molar-refractivity contribution is -0.121. The summed E-state index contributed by atoms with van der Waals surface area (Å²) >= 11 is 6.24. The summed E-state index contributed by atoms with van der Waals surface area (Å²) < 4.78 is 5.45. The van der Waals surface area contributed by atoms with E-state index in [9.17, 15) is 9.59 Å². The molecule has 0 spiro atoms. The van der Waals surface area contributed by atoms with Crippen molar-refractivity contribution in [2.45, 2.75) is 13.8 Å². The van der Waals surface area contributed by atoms with Gasteiger partial charge in [-0.3, -0.25) is 25.8 Å². The topological polar surface area (TPSA) is 79.5 Å². The lowest BCUT2D eigenvalue weighted by Crippen LogP contribution is -2.49. The molecule has 2 rings (SSSR count). The molecule has 1 heterocycles. The van der Waals surface area contributed by atoms with E-state index in [1.165, 1.54) is 11.3 Å². The van der Waals surface area contributed by atoms with Gasteiger partial charge < -0.3 is 4.74 Å². The molecule has 0 aliphatic heterocycles. The van der Waals surface area contributed by atoms with Gasteiger partial charge in [0.1, 0.15) is 5.75 Å². The van der Waals surface area contributed by atoms with Crippen LogP contribution in [0.5, 0.6) is 5.75 Å². The fourth-order valence-electron chi connectivity index (χ4n) is 1.88. The predicted molar refractivity (Wildman–Crippen MR) is 97.1 cm³/mol. The molecular formula is C16H17N3O3S2. The molecule has 0 aliphatic rings. The molecule has 126 valence electrons. The van der Waals surface area contributed by atoms with Crippen LogP contribution in [0.25, 0.3) is 0 Å². The van der Waals surface area contributed by atoms with Gasteiger partial charge in [0, 0.05) is 0 Å². The highest BCUT2D eigenvalue weighted by Crippen LogP contribution is 2.18. The average molecular weight is 363 g/mol. The minimum Gasteiger partial charge on any atom is -0.483 e. The Morgan fingerprint density at radius 2 is 2.00 bits per heavy atom. The van der Waals surface area contributed by atoms with Crippen molar-refractivity contribution < 1.29 is 14.3 Å². The van der Waals surface area contributed by atoms with Crippen LogP contribution in [0.1, 0.15) is 20.8 Å². The van der Waals surface area contributed by atoms with Gasteiger partial charge in [-0.2, -0.15) is 0 Å². The van der Waals surface area contributed by atoms with Gasteiger partial charge in [0.2, 0.25) is 0 Å². The summed E-state index contributed by atoms with van der Waals surface area (Å²) in [5.74, 6) is -0.105. The number of thiophene rings is 1. The fourth-order valence-corrected chi connectivity index (χ4v) is 2.67. The van der Waals surface area contributed by atoms with Gasteiger partial charge in [0.15, 0.2) is 11.7 Å². The van der Waals surface area contributed by atoms with E-state index >= 15 is 0 Å². The monoisotopic (exact) mass is 363 g/mol. The quantitative estimate of drug-likeness (QED) is 0.573. The largest absolute Gasteiger partial charge is 0.483 e. The number of hydrazine groups is 1. The van der Waals surface area contributed by atoms with E-state index in [2.05, 4.69) is 16.2 Å². The number of aryl methyl sites for hydroxylation is 2. The van der Waals surface area contributed by atoms with Crippen LogP contribution < -0.4 is 20.9 Å². The van der Waals surface area contributed by atoms with Gasteiger partial charge in [0.05, 0.1) is 4.88 Å². The predicted octanol–water partition coefficient (Wildman–Crippen LogP) is 2.08. The number of thiocarbonyl (C=S) groups is 1. The molecule has 0 atom stereocenters. The standard InChI is InChI=1S/C16H17N3O3S2/c1-10-5-6-12(11(2)8-10)22-9-14(20)17-16(23)19-18-15(21)13-4-3-7-24-13/h3-8H,9H2,1-2H3,(H,18,21)(H2,17,19,20,23). The molecule has 8 heteroatoms. The van der Waals surface area contributed by atoms with Crippen molar-refractivity contribution in [3.05, 3.63) is 51.7 Å². The Morgan fingerprint density at radius 1 is 1.21 bits per heavy atom. The Balaban J connectivity index is 1.73. The number of hydrogen-bond acceptors (Lipinski definition) is 5. The molecular weight excluding hydrogens is 346 g/mol. The molecule has 1 aromatic carbocycles. The summed E-state index contributed by atoms with van der Waals surface area (Å²) in [4.78, 5) is 24.1. The number of carbonyl (C=O) groups is 2. The Kier molecular flexibility index (Phi) is 6.28. The first-order valence-electron chi connectivity index (χ1n) is 7.09. The molecule has 0 saturated carbocycles. The summed E-state index contributed by atoms with van der Waals surface area (Å²) in [6.45, 7) is 3.72. The molecule has 0 fully saturated rings. The van der Waals surface area contributed by atoms with Gasteiger partial charge in [-0.05, 0) is 49.1 Å². The van der Waals surface area contributed by atoms with Crippen molar-refractivity contribution in [1.29, 1.82) is 0 Å². The summed E-state index contributed by atoms with van der Waals surface area (Å²) in [7, 11) is 0. The maximum absolute atomic E-state index is 11.8.